The summed E-state index contributed by atoms with van der Waals surface area (Å²) in [5.41, 5.74) is 16.4. The van der Waals surface area contributed by atoms with E-state index in [0.717, 1.165) is 34.9 Å². The molecule has 2 unspecified atom stereocenters. The molecule has 0 saturated heterocycles. The third-order valence-electron chi connectivity index (χ3n) is 4.93. The predicted octanol–water partition coefficient (Wildman–Crippen LogP) is 5.48. The summed E-state index contributed by atoms with van der Waals surface area (Å²) in [5.74, 6) is 0.290. The minimum atomic E-state index is -0.413. The van der Waals surface area contributed by atoms with Gasteiger partial charge < -0.3 is 11.5 Å². The molecule has 134 valence electrons. The average molecular weight is 401 g/mol. The SMILES string of the molecule is C=C(C)CC(N)(CCC(N)[C@@H](C)c1ccc(Br)cc1)c1ccccc1. The van der Waals surface area contributed by atoms with Crippen LogP contribution in [0.15, 0.2) is 71.2 Å². The number of benzene rings is 2. The van der Waals surface area contributed by atoms with Crippen molar-refractivity contribution in [3.8, 4) is 0 Å². The molecule has 4 N–H and O–H groups in total. The summed E-state index contributed by atoms with van der Waals surface area (Å²) in [7, 11) is 0. The van der Waals surface area contributed by atoms with Gasteiger partial charge in [0.1, 0.15) is 0 Å². The lowest BCUT2D eigenvalue weighted by Crippen LogP contribution is -2.39. The van der Waals surface area contributed by atoms with Gasteiger partial charge in [-0.2, -0.15) is 0 Å². The monoisotopic (exact) mass is 400 g/mol. The quantitative estimate of drug-likeness (QED) is 0.576. The minimum absolute atomic E-state index is 0.0675. The van der Waals surface area contributed by atoms with Gasteiger partial charge in [-0.05, 0) is 55.4 Å². The van der Waals surface area contributed by atoms with Crippen molar-refractivity contribution in [1.29, 1.82) is 0 Å². The topological polar surface area (TPSA) is 52.0 Å². The van der Waals surface area contributed by atoms with E-state index in [9.17, 15) is 0 Å². The molecular formula is C22H29BrN2. The summed E-state index contributed by atoms with van der Waals surface area (Å²) in [5, 5.41) is 0. The van der Waals surface area contributed by atoms with E-state index in [-0.39, 0.29) is 12.0 Å². The minimum Gasteiger partial charge on any atom is -0.327 e. The maximum absolute atomic E-state index is 6.80. The molecule has 2 rings (SSSR count). The van der Waals surface area contributed by atoms with Gasteiger partial charge in [0.15, 0.2) is 0 Å². The second-order valence-corrected chi connectivity index (χ2v) is 8.11. The Morgan fingerprint density at radius 2 is 1.72 bits per heavy atom. The second kappa shape index (κ2) is 8.79. The number of halogens is 1. The zero-order chi connectivity index (χ0) is 18.4. The summed E-state index contributed by atoms with van der Waals surface area (Å²) in [6, 6.07) is 18.8. The molecule has 0 aliphatic carbocycles. The Labute approximate surface area is 160 Å². The molecule has 3 heteroatoms. The maximum Gasteiger partial charge on any atom is 0.0447 e. The summed E-state index contributed by atoms with van der Waals surface area (Å²) >= 11 is 3.48. The van der Waals surface area contributed by atoms with Crippen LogP contribution in [0.25, 0.3) is 0 Å². The molecule has 0 saturated carbocycles. The average Bonchev–Trinajstić information content (AvgIpc) is 2.60. The van der Waals surface area contributed by atoms with Gasteiger partial charge in [0.2, 0.25) is 0 Å². The third kappa shape index (κ3) is 5.53. The van der Waals surface area contributed by atoms with E-state index < -0.39 is 5.54 Å². The number of hydrogen-bond acceptors (Lipinski definition) is 2. The number of hydrogen-bond donors (Lipinski definition) is 2. The largest absolute Gasteiger partial charge is 0.327 e. The fourth-order valence-corrected chi connectivity index (χ4v) is 3.60. The zero-order valence-electron chi connectivity index (χ0n) is 15.2. The highest BCUT2D eigenvalue weighted by molar-refractivity contribution is 9.10. The van der Waals surface area contributed by atoms with Crippen molar-refractivity contribution in [2.75, 3.05) is 0 Å². The maximum atomic E-state index is 6.80. The highest BCUT2D eigenvalue weighted by atomic mass is 79.9. The molecule has 0 aliphatic rings. The molecule has 2 nitrogen and oxygen atoms in total. The molecule has 0 heterocycles. The molecule has 2 aromatic carbocycles. The van der Waals surface area contributed by atoms with Crippen LogP contribution in [-0.4, -0.2) is 6.04 Å². The van der Waals surface area contributed by atoms with Crippen molar-refractivity contribution in [3.63, 3.8) is 0 Å². The van der Waals surface area contributed by atoms with Gasteiger partial charge in [0.25, 0.3) is 0 Å². The normalized spacial score (nSPS) is 16.0. The number of rotatable bonds is 8. The van der Waals surface area contributed by atoms with Gasteiger partial charge in [-0.25, -0.2) is 0 Å². The highest BCUT2D eigenvalue weighted by Crippen LogP contribution is 2.32. The lowest BCUT2D eigenvalue weighted by atomic mass is 9.79. The van der Waals surface area contributed by atoms with Gasteiger partial charge in [-0.15, -0.1) is 6.58 Å². The smallest absolute Gasteiger partial charge is 0.0447 e. The van der Waals surface area contributed by atoms with E-state index >= 15 is 0 Å². The highest BCUT2D eigenvalue weighted by Gasteiger charge is 2.28. The van der Waals surface area contributed by atoms with E-state index in [0.29, 0.717) is 0 Å². The molecule has 0 amide bonds. The molecular weight excluding hydrogens is 372 g/mol. The lowest BCUT2D eigenvalue weighted by Gasteiger charge is -2.33. The van der Waals surface area contributed by atoms with Crippen molar-refractivity contribution in [2.24, 2.45) is 11.5 Å². The standard InChI is InChI=1S/C22H29BrN2/c1-16(2)15-22(25,19-7-5-4-6-8-19)14-13-21(24)17(3)18-9-11-20(23)12-10-18/h4-12,17,21H,1,13-15,24-25H2,2-3H3/t17-,21?,22?/m0/s1. The van der Waals surface area contributed by atoms with Crippen molar-refractivity contribution in [1.82, 2.24) is 0 Å². The van der Waals surface area contributed by atoms with Crippen LogP contribution in [0.3, 0.4) is 0 Å². The van der Waals surface area contributed by atoms with Crippen LogP contribution in [0.1, 0.15) is 50.2 Å². The van der Waals surface area contributed by atoms with E-state index in [1.165, 1.54) is 5.56 Å². The molecule has 2 aromatic rings. The van der Waals surface area contributed by atoms with Crippen LogP contribution < -0.4 is 11.5 Å². The Bertz CT molecular complexity index is 681. The molecule has 3 atom stereocenters. The first-order valence-electron chi connectivity index (χ1n) is 8.81. The summed E-state index contributed by atoms with van der Waals surface area (Å²) < 4.78 is 1.09. The van der Waals surface area contributed by atoms with Crippen LogP contribution >= 0.6 is 15.9 Å². The Balaban J connectivity index is 2.09. The number of nitrogens with two attached hydrogens (primary N) is 2. The van der Waals surface area contributed by atoms with Crippen LogP contribution in [0.5, 0.6) is 0 Å². The molecule has 0 aliphatic heterocycles. The van der Waals surface area contributed by atoms with Crippen LogP contribution in [0, 0.1) is 0 Å². The second-order valence-electron chi connectivity index (χ2n) is 7.20. The van der Waals surface area contributed by atoms with E-state index in [1.54, 1.807) is 0 Å². The molecule has 0 fully saturated rings. The summed E-state index contributed by atoms with van der Waals surface area (Å²) in [4.78, 5) is 0. The molecule has 0 radical (unpaired) electrons. The van der Waals surface area contributed by atoms with Gasteiger partial charge in [-0.1, -0.05) is 70.9 Å². The van der Waals surface area contributed by atoms with Crippen molar-refractivity contribution >= 4 is 15.9 Å². The molecule has 0 spiro atoms. The van der Waals surface area contributed by atoms with E-state index in [1.807, 2.05) is 25.1 Å². The van der Waals surface area contributed by atoms with E-state index in [4.69, 9.17) is 11.5 Å². The molecule has 0 bridgehead atoms. The van der Waals surface area contributed by atoms with E-state index in [2.05, 4.69) is 65.8 Å². The van der Waals surface area contributed by atoms with Crippen molar-refractivity contribution in [3.05, 3.63) is 82.3 Å². The molecule has 25 heavy (non-hydrogen) atoms. The van der Waals surface area contributed by atoms with Crippen LogP contribution in [0.2, 0.25) is 0 Å². The third-order valence-corrected chi connectivity index (χ3v) is 5.46. The Hall–Kier alpha value is -1.42. The van der Waals surface area contributed by atoms with Gasteiger partial charge >= 0.3 is 0 Å². The fourth-order valence-electron chi connectivity index (χ4n) is 3.33. The first kappa shape index (κ1) is 19.9. The van der Waals surface area contributed by atoms with Crippen molar-refractivity contribution in [2.45, 2.75) is 50.6 Å². The van der Waals surface area contributed by atoms with Gasteiger partial charge in [0.05, 0.1) is 0 Å². The summed E-state index contributed by atoms with van der Waals surface area (Å²) in [6.07, 6.45) is 2.48. The first-order valence-corrected chi connectivity index (χ1v) is 9.61. The molecule has 0 aromatic heterocycles. The lowest BCUT2D eigenvalue weighted by molar-refractivity contribution is 0.361. The van der Waals surface area contributed by atoms with Gasteiger partial charge in [-0.3, -0.25) is 0 Å². The van der Waals surface area contributed by atoms with Crippen molar-refractivity contribution < 1.29 is 0 Å². The van der Waals surface area contributed by atoms with Gasteiger partial charge in [0, 0.05) is 16.1 Å². The zero-order valence-corrected chi connectivity index (χ0v) is 16.8. The Morgan fingerprint density at radius 3 is 2.28 bits per heavy atom. The van der Waals surface area contributed by atoms with Crippen LogP contribution in [-0.2, 0) is 5.54 Å². The predicted molar refractivity (Wildman–Crippen MR) is 112 cm³/mol. The summed E-state index contributed by atoms with van der Waals surface area (Å²) in [6.45, 7) is 8.29. The van der Waals surface area contributed by atoms with Crippen LogP contribution in [0.4, 0.5) is 0 Å². The Kier molecular flexibility index (Phi) is 7.00. The Morgan fingerprint density at radius 1 is 1.12 bits per heavy atom. The fraction of sp³-hybridized carbons (Fsp3) is 0.364. The first-order chi connectivity index (χ1) is 11.8.